The molecule has 0 fully saturated rings. The van der Waals surface area contributed by atoms with Crippen molar-refractivity contribution in [3.8, 4) is 44.5 Å². The van der Waals surface area contributed by atoms with Crippen molar-refractivity contribution in [1.29, 1.82) is 5.41 Å². The third-order valence-corrected chi connectivity index (χ3v) is 11.9. The number of fused-ring (bicyclic) bond motifs is 5. The molecule has 1 aliphatic rings. The molecule has 1 aromatic heterocycles. The lowest BCUT2D eigenvalue weighted by molar-refractivity contribution is 0.663. The molecule has 0 saturated carbocycles. The Hall–Kier alpha value is -7.49. The van der Waals surface area contributed by atoms with Gasteiger partial charge in [-0.15, -0.1) is 0 Å². The van der Waals surface area contributed by atoms with Gasteiger partial charge < -0.3 is 5.41 Å². The molecule has 10 rings (SSSR count). The van der Waals surface area contributed by atoms with Crippen LogP contribution in [0.25, 0.3) is 71.7 Å². The number of aliphatic imine (C=N–C) groups is 1. The molecule has 1 aliphatic carbocycles. The van der Waals surface area contributed by atoms with Crippen LogP contribution in [0.3, 0.4) is 0 Å². The molecule has 0 atom stereocenters. The first-order chi connectivity index (χ1) is 28.9. The summed E-state index contributed by atoms with van der Waals surface area (Å²) < 4.78 is 0. The summed E-state index contributed by atoms with van der Waals surface area (Å²) in [5, 5.41) is 13.8. The Morgan fingerprint density at radius 1 is 0.525 bits per heavy atom. The maximum atomic E-state index is 8.99. The van der Waals surface area contributed by atoms with Gasteiger partial charge in [0.15, 0.2) is 0 Å². The quantitative estimate of drug-likeness (QED) is 0.154. The number of aromatic nitrogens is 1. The number of pyridine rings is 1. The second-order valence-electron chi connectivity index (χ2n) is 15.8. The Balaban J connectivity index is 1.00. The molecule has 1 heterocycles. The molecule has 59 heavy (non-hydrogen) atoms. The molecule has 0 bridgehead atoms. The molecule has 3 heteroatoms. The van der Waals surface area contributed by atoms with Crippen molar-refractivity contribution in [3.63, 3.8) is 0 Å². The van der Waals surface area contributed by atoms with Gasteiger partial charge in [-0.2, -0.15) is 0 Å². The molecule has 9 aromatic rings. The third kappa shape index (κ3) is 6.57. The highest BCUT2D eigenvalue weighted by molar-refractivity contribution is 6.12. The Labute approximate surface area is 345 Å². The van der Waals surface area contributed by atoms with E-state index in [9.17, 15) is 0 Å². The molecular weight excluding hydrogens is 715 g/mol. The molecule has 0 aliphatic heterocycles. The Morgan fingerprint density at radius 2 is 1.19 bits per heavy atom. The highest BCUT2D eigenvalue weighted by Crippen LogP contribution is 2.53. The molecule has 0 unspecified atom stereocenters. The minimum absolute atomic E-state index is 0.128. The fourth-order valence-corrected chi connectivity index (χ4v) is 8.89. The van der Waals surface area contributed by atoms with Crippen molar-refractivity contribution in [3.05, 3.63) is 228 Å². The molecule has 3 nitrogen and oxygen atoms in total. The standard InChI is InChI=1S/C56H41N3/c1-56(2)52-33-42-16-7-6-15-41(42)32-51(52)50-23-11-22-48(55(50)56)38-26-24-37(25-27-38)47-29-28-45(46-20-8-9-21-49(46)47)36-59-54(34-53(57)39-13-4-3-5-14-39)43-18-10-17-40(31-43)44-19-12-30-58-35-44/h3-36,57H,1-2H3/b54-34-,57-53?,59-36?. The third-order valence-electron chi connectivity index (χ3n) is 11.9. The van der Waals surface area contributed by atoms with E-state index in [2.05, 4.69) is 158 Å². The van der Waals surface area contributed by atoms with E-state index >= 15 is 0 Å². The molecule has 1 N–H and O–H groups in total. The second-order valence-corrected chi connectivity index (χ2v) is 15.8. The van der Waals surface area contributed by atoms with Crippen molar-refractivity contribution < 1.29 is 0 Å². The van der Waals surface area contributed by atoms with Crippen molar-refractivity contribution in [2.45, 2.75) is 19.3 Å². The van der Waals surface area contributed by atoms with E-state index in [0.717, 1.165) is 38.6 Å². The average molecular weight is 756 g/mol. The SMILES string of the molecule is CC1(C)c2cc3ccccc3cc2-c2cccc(-c3ccc(-c4ccc(C=N/C(=C\C(=N)c5ccccc5)c5cccc(-c6cccnc6)c5)c5ccccc45)cc3)c21. The van der Waals surface area contributed by atoms with E-state index in [4.69, 9.17) is 10.4 Å². The minimum atomic E-state index is -0.128. The van der Waals surface area contributed by atoms with E-state index in [-0.39, 0.29) is 5.41 Å². The number of benzene rings is 8. The number of allylic oxidation sites excluding steroid dienone is 1. The van der Waals surface area contributed by atoms with Gasteiger partial charge in [0.05, 0.1) is 11.4 Å². The van der Waals surface area contributed by atoms with Crippen LogP contribution in [-0.4, -0.2) is 16.9 Å². The Morgan fingerprint density at radius 3 is 1.97 bits per heavy atom. The summed E-state index contributed by atoms with van der Waals surface area (Å²) in [7, 11) is 0. The van der Waals surface area contributed by atoms with Gasteiger partial charge in [0.2, 0.25) is 0 Å². The van der Waals surface area contributed by atoms with Crippen LogP contribution in [-0.2, 0) is 5.41 Å². The first-order valence-electron chi connectivity index (χ1n) is 20.1. The fourth-order valence-electron chi connectivity index (χ4n) is 8.89. The first kappa shape index (κ1) is 35.9. The fraction of sp³-hybridized carbons (Fsp3) is 0.0536. The number of hydrogen-bond acceptors (Lipinski definition) is 3. The molecule has 0 spiro atoms. The number of rotatable bonds is 8. The summed E-state index contributed by atoms with van der Waals surface area (Å²) in [5.41, 5.74) is 16.1. The molecule has 0 radical (unpaired) electrons. The van der Waals surface area contributed by atoms with Gasteiger partial charge in [0.1, 0.15) is 0 Å². The van der Waals surface area contributed by atoms with Crippen molar-refractivity contribution in [1.82, 2.24) is 4.98 Å². The second kappa shape index (κ2) is 14.8. The largest absolute Gasteiger partial charge is 0.300 e. The molecule has 8 aromatic carbocycles. The maximum Gasteiger partial charge on any atom is 0.0723 e. The van der Waals surface area contributed by atoms with Gasteiger partial charge in [-0.1, -0.05) is 172 Å². The minimum Gasteiger partial charge on any atom is -0.300 e. The first-order valence-corrected chi connectivity index (χ1v) is 20.1. The van der Waals surface area contributed by atoms with Crippen LogP contribution in [0, 0.1) is 5.41 Å². The maximum absolute atomic E-state index is 8.99. The van der Waals surface area contributed by atoms with Gasteiger partial charge in [-0.05, 0) is 108 Å². The van der Waals surface area contributed by atoms with Crippen LogP contribution in [0.2, 0.25) is 0 Å². The van der Waals surface area contributed by atoms with Crippen LogP contribution in [0.5, 0.6) is 0 Å². The molecular formula is C56H41N3. The predicted molar refractivity (Wildman–Crippen MR) is 248 cm³/mol. The van der Waals surface area contributed by atoms with E-state index in [0.29, 0.717) is 11.4 Å². The summed E-state index contributed by atoms with van der Waals surface area (Å²) in [5.74, 6) is 0. The number of hydrogen-bond donors (Lipinski definition) is 1. The summed E-state index contributed by atoms with van der Waals surface area (Å²) in [6.07, 6.45) is 7.45. The average Bonchev–Trinajstić information content (AvgIpc) is 3.52. The number of nitrogens with one attached hydrogen (secondary N) is 1. The van der Waals surface area contributed by atoms with Crippen LogP contribution in [0.1, 0.15) is 41.7 Å². The summed E-state index contributed by atoms with van der Waals surface area (Å²) in [6, 6.07) is 64.3. The van der Waals surface area contributed by atoms with Crippen LogP contribution >= 0.6 is 0 Å². The summed E-state index contributed by atoms with van der Waals surface area (Å²) >= 11 is 0. The molecule has 280 valence electrons. The van der Waals surface area contributed by atoms with Gasteiger partial charge in [0.25, 0.3) is 0 Å². The van der Waals surface area contributed by atoms with Gasteiger partial charge in [0, 0.05) is 40.7 Å². The monoisotopic (exact) mass is 755 g/mol. The Kier molecular flexibility index (Phi) is 8.99. The zero-order chi connectivity index (χ0) is 39.9. The van der Waals surface area contributed by atoms with Crippen molar-refractivity contribution in [2.75, 3.05) is 0 Å². The summed E-state index contributed by atoms with van der Waals surface area (Å²) in [6.45, 7) is 4.74. The van der Waals surface area contributed by atoms with Crippen LogP contribution in [0.15, 0.2) is 205 Å². The van der Waals surface area contributed by atoms with Crippen molar-refractivity contribution in [2.24, 2.45) is 4.99 Å². The van der Waals surface area contributed by atoms with E-state index in [1.165, 1.54) is 55.3 Å². The van der Waals surface area contributed by atoms with Crippen LogP contribution < -0.4 is 0 Å². The highest BCUT2D eigenvalue weighted by atomic mass is 14.7. The molecule has 0 amide bonds. The van der Waals surface area contributed by atoms with E-state index in [1.54, 1.807) is 6.20 Å². The van der Waals surface area contributed by atoms with E-state index < -0.39 is 0 Å². The van der Waals surface area contributed by atoms with Crippen molar-refractivity contribution >= 4 is 39.2 Å². The zero-order valence-electron chi connectivity index (χ0n) is 33.0. The Bertz CT molecular complexity index is 3120. The highest BCUT2D eigenvalue weighted by Gasteiger charge is 2.37. The normalized spacial score (nSPS) is 13.2. The topological polar surface area (TPSA) is 49.1 Å². The molecule has 0 saturated heterocycles. The van der Waals surface area contributed by atoms with Crippen LogP contribution in [0.4, 0.5) is 0 Å². The van der Waals surface area contributed by atoms with Gasteiger partial charge >= 0.3 is 0 Å². The lowest BCUT2D eigenvalue weighted by Gasteiger charge is -2.25. The van der Waals surface area contributed by atoms with Gasteiger partial charge in [-0.3, -0.25) is 9.98 Å². The number of nitrogens with zero attached hydrogens (tertiary/aromatic N) is 2. The van der Waals surface area contributed by atoms with E-state index in [1.807, 2.05) is 61.0 Å². The predicted octanol–water partition coefficient (Wildman–Crippen LogP) is 14.2. The lowest BCUT2D eigenvalue weighted by Crippen LogP contribution is -2.16. The zero-order valence-corrected chi connectivity index (χ0v) is 33.0. The lowest BCUT2D eigenvalue weighted by atomic mass is 9.78. The smallest absolute Gasteiger partial charge is 0.0723 e. The van der Waals surface area contributed by atoms with Gasteiger partial charge in [-0.25, -0.2) is 0 Å². The summed E-state index contributed by atoms with van der Waals surface area (Å²) in [4.78, 5) is 9.44.